The van der Waals surface area contributed by atoms with Gasteiger partial charge in [-0.25, -0.2) is 0 Å². The molecule has 1 heterocycles. The number of rotatable bonds is 3. The second-order valence-electron chi connectivity index (χ2n) is 5.95. The first kappa shape index (κ1) is 14.4. The van der Waals surface area contributed by atoms with Crippen LogP contribution in [-0.4, -0.2) is 44.2 Å². The second-order valence-corrected chi connectivity index (χ2v) is 5.95. The molecule has 2 rings (SSSR count). The smallest absolute Gasteiger partial charge is 0.0396 e. The van der Waals surface area contributed by atoms with Crippen LogP contribution in [0.25, 0.3) is 0 Å². The summed E-state index contributed by atoms with van der Waals surface area (Å²) >= 11 is 0. The third-order valence-electron chi connectivity index (χ3n) is 3.88. The van der Waals surface area contributed by atoms with Gasteiger partial charge in [-0.1, -0.05) is 12.1 Å². The summed E-state index contributed by atoms with van der Waals surface area (Å²) in [5.74, 6) is 0. The van der Waals surface area contributed by atoms with Crippen molar-refractivity contribution in [3.8, 4) is 0 Å². The van der Waals surface area contributed by atoms with Crippen molar-refractivity contribution < 1.29 is 0 Å². The summed E-state index contributed by atoms with van der Waals surface area (Å²) in [6.07, 6.45) is 2.21. The number of aryl methyl sites for hydroxylation is 1. The average Bonchev–Trinajstić information content (AvgIpc) is 2.54. The molecule has 3 heteroatoms. The highest BCUT2D eigenvalue weighted by Gasteiger charge is 2.14. The van der Waals surface area contributed by atoms with Crippen LogP contribution in [0.4, 0.5) is 5.69 Å². The monoisotopic (exact) mass is 261 g/mol. The molecule has 0 radical (unpaired) electrons. The fraction of sp³-hybridized carbons (Fsp3) is 0.625. The van der Waals surface area contributed by atoms with Crippen LogP contribution in [0, 0.1) is 6.92 Å². The van der Waals surface area contributed by atoms with Crippen LogP contribution in [0.15, 0.2) is 18.2 Å². The van der Waals surface area contributed by atoms with E-state index >= 15 is 0 Å². The van der Waals surface area contributed by atoms with Crippen molar-refractivity contribution in [2.75, 3.05) is 38.1 Å². The zero-order valence-corrected chi connectivity index (χ0v) is 12.5. The minimum atomic E-state index is 0.233. The van der Waals surface area contributed by atoms with Gasteiger partial charge in [0.1, 0.15) is 0 Å². The van der Waals surface area contributed by atoms with E-state index in [0.29, 0.717) is 0 Å². The molecule has 1 aliphatic heterocycles. The summed E-state index contributed by atoms with van der Waals surface area (Å²) in [4.78, 5) is 4.94. The number of hydrogen-bond donors (Lipinski definition) is 1. The lowest BCUT2D eigenvalue weighted by molar-refractivity contribution is 0.360. The summed E-state index contributed by atoms with van der Waals surface area (Å²) in [6, 6.07) is 7.04. The molecule has 0 saturated carbocycles. The molecule has 1 saturated heterocycles. The van der Waals surface area contributed by atoms with Crippen LogP contribution >= 0.6 is 0 Å². The molecule has 0 amide bonds. The Morgan fingerprint density at radius 3 is 2.68 bits per heavy atom. The normalized spacial score (nSPS) is 19.3. The Morgan fingerprint density at radius 1 is 1.21 bits per heavy atom. The maximum absolute atomic E-state index is 5.88. The molecule has 1 aromatic carbocycles. The summed E-state index contributed by atoms with van der Waals surface area (Å²) < 4.78 is 0. The molecule has 2 N–H and O–H groups in total. The standard InChI is InChI=1S/C16H27N3/c1-13-11-15(12-14(2)17)5-6-16(13)19-8-4-7-18(3)9-10-19/h5-6,11,14H,4,7-10,12,17H2,1-3H3. The van der Waals surface area contributed by atoms with E-state index in [1.807, 2.05) is 0 Å². The van der Waals surface area contributed by atoms with Crippen LogP contribution in [0.2, 0.25) is 0 Å². The largest absolute Gasteiger partial charge is 0.370 e. The van der Waals surface area contributed by atoms with Gasteiger partial charge in [0.2, 0.25) is 0 Å². The van der Waals surface area contributed by atoms with E-state index in [0.717, 1.165) is 26.1 Å². The van der Waals surface area contributed by atoms with Gasteiger partial charge in [-0.15, -0.1) is 0 Å². The van der Waals surface area contributed by atoms with Gasteiger partial charge >= 0.3 is 0 Å². The van der Waals surface area contributed by atoms with E-state index in [-0.39, 0.29) is 6.04 Å². The number of benzene rings is 1. The molecular formula is C16H27N3. The van der Waals surface area contributed by atoms with Crippen LogP contribution in [0.1, 0.15) is 24.5 Å². The van der Waals surface area contributed by atoms with Gasteiger partial charge in [-0.3, -0.25) is 0 Å². The summed E-state index contributed by atoms with van der Waals surface area (Å²) in [5, 5.41) is 0. The number of hydrogen-bond acceptors (Lipinski definition) is 3. The predicted molar refractivity (Wildman–Crippen MR) is 82.9 cm³/mol. The lowest BCUT2D eigenvalue weighted by Crippen LogP contribution is -2.29. The van der Waals surface area contributed by atoms with Crippen molar-refractivity contribution in [1.29, 1.82) is 0 Å². The molecule has 1 unspecified atom stereocenters. The second kappa shape index (κ2) is 6.40. The van der Waals surface area contributed by atoms with Crippen molar-refractivity contribution in [1.82, 2.24) is 4.90 Å². The third-order valence-corrected chi connectivity index (χ3v) is 3.88. The molecule has 106 valence electrons. The number of anilines is 1. The van der Waals surface area contributed by atoms with E-state index in [9.17, 15) is 0 Å². The maximum atomic E-state index is 5.88. The Labute approximate surface area is 117 Å². The number of likely N-dealkylation sites (N-methyl/N-ethyl adjacent to an activating group) is 1. The van der Waals surface area contributed by atoms with Gasteiger partial charge in [-0.05, 0) is 57.5 Å². The highest BCUT2D eigenvalue weighted by molar-refractivity contribution is 5.54. The van der Waals surface area contributed by atoms with Gasteiger partial charge in [0.15, 0.2) is 0 Å². The van der Waals surface area contributed by atoms with Gasteiger partial charge < -0.3 is 15.5 Å². The maximum Gasteiger partial charge on any atom is 0.0396 e. The van der Waals surface area contributed by atoms with Gasteiger partial charge in [-0.2, -0.15) is 0 Å². The molecule has 3 nitrogen and oxygen atoms in total. The molecule has 0 aromatic heterocycles. The predicted octanol–water partition coefficient (Wildman–Crippen LogP) is 2.03. The van der Waals surface area contributed by atoms with E-state index in [4.69, 9.17) is 5.73 Å². The first-order valence-corrected chi connectivity index (χ1v) is 7.35. The molecule has 0 bridgehead atoms. The van der Waals surface area contributed by atoms with Crippen molar-refractivity contribution in [2.24, 2.45) is 5.73 Å². The molecule has 1 atom stereocenters. The van der Waals surface area contributed by atoms with Crippen LogP contribution in [-0.2, 0) is 6.42 Å². The third kappa shape index (κ3) is 3.95. The Balaban J connectivity index is 2.11. The molecule has 1 aliphatic rings. The van der Waals surface area contributed by atoms with Gasteiger partial charge in [0.05, 0.1) is 0 Å². The first-order valence-electron chi connectivity index (χ1n) is 7.35. The lowest BCUT2D eigenvalue weighted by atomic mass is 10.0. The van der Waals surface area contributed by atoms with E-state index < -0.39 is 0 Å². The van der Waals surface area contributed by atoms with E-state index in [2.05, 4.69) is 48.9 Å². The van der Waals surface area contributed by atoms with Crippen molar-refractivity contribution in [2.45, 2.75) is 32.7 Å². The molecule has 1 fully saturated rings. The zero-order chi connectivity index (χ0) is 13.8. The van der Waals surface area contributed by atoms with Crippen molar-refractivity contribution >= 4 is 5.69 Å². The first-order chi connectivity index (χ1) is 9.06. The Kier molecular flexibility index (Phi) is 4.83. The fourth-order valence-corrected chi connectivity index (χ4v) is 2.86. The SMILES string of the molecule is Cc1cc(CC(C)N)ccc1N1CCCN(C)CC1. The summed E-state index contributed by atoms with van der Waals surface area (Å²) in [5.41, 5.74) is 10.00. The summed E-state index contributed by atoms with van der Waals surface area (Å²) in [7, 11) is 2.21. The average molecular weight is 261 g/mol. The topological polar surface area (TPSA) is 32.5 Å². The molecule has 19 heavy (non-hydrogen) atoms. The van der Waals surface area contributed by atoms with Crippen LogP contribution in [0.3, 0.4) is 0 Å². The number of nitrogens with two attached hydrogens (primary N) is 1. The molecular weight excluding hydrogens is 234 g/mol. The summed E-state index contributed by atoms with van der Waals surface area (Å²) in [6.45, 7) is 8.93. The van der Waals surface area contributed by atoms with Crippen molar-refractivity contribution in [3.05, 3.63) is 29.3 Å². The van der Waals surface area contributed by atoms with E-state index in [1.54, 1.807) is 0 Å². The Morgan fingerprint density at radius 2 is 2.00 bits per heavy atom. The fourth-order valence-electron chi connectivity index (χ4n) is 2.86. The lowest BCUT2D eigenvalue weighted by Gasteiger charge is -2.25. The van der Waals surface area contributed by atoms with E-state index in [1.165, 1.54) is 29.8 Å². The Hall–Kier alpha value is -1.06. The number of nitrogens with zero attached hydrogens (tertiary/aromatic N) is 2. The molecule has 0 aliphatic carbocycles. The van der Waals surface area contributed by atoms with Gasteiger partial charge in [0.25, 0.3) is 0 Å². The molecule has 1 aromatic rings. The highest BCUT2D eigenvalue weighted by atomic mass is 15.2. The van der Waals surface area contributed by atoms with Crippen LogP contribution < -0.4 is 10.6 Å². The highest BCUT2D eigenvalue weighted by Crippen LogP contribution is 2.23. The quantitative estimate of drug-likeness (QED) is 0.903. The van der Waals surface area contributed by atoms with Gasteiger partial charge in [0, 0.05) is 31.4 Å². The minimum Gasteiger partial charge on any atom is -0.370 e. The van der Waals surface area contributed by atoms with Crippen LogP contribution in [0.5, 0.6) is 0 Å². The Bertz CT molecular complexity index is 414. The van der Waals surface area contributed by atoms with Crippen molar-refractivity contribution in [3.63, 3.8) is 0 Å². The molecule has 0 spiro atoms. The minimum absolute atomic E-state index is 0.233. The zero-order valence-electron chi connectivity index (χ0n) is 12.5.